The van der Waals surface area contributed by atoms with Gasteiger partial charge < -0.3 is 5.32 Å². The Bertz CT molecular complexity index is 1400. The minimum absolute atomic E-state index is 0.324. The fraction of sp³-hybridized carbons (Fsp3) is 0.240. The third kappa shape index (κ3) is 4.64. The summed E-state index contributed by atoms with van der Waals surface area (Å²) >= 11 is 0. The number of amides is 1. The molecule has 5 nitrogen and oxygen atoms in total. The first-order valence-corrected chi connectivity index (χ1v) is 10.5. The third-order valence-electron chi connectivity index (χ3n) is 5.27. The summed E-state index contributed by atoms with van der Waals surface area (Å²) in [4.78, 5) is 16.8. The molecule has 4 rings (SSSR count). The number of hydrogen-bond acceptors (Lipinski definition) is 3. The van der Waals surface area contributed by atoms with Crippen LogP contribution in [0.3, 0.4) is 0 Å². The highest BCUT2D eigenvalue weighted by Crippen LogP contribution is 2.38. The number of rotatable bonds is 3. The topological polar surface area (TPSA) is 59.3 Å². The van der Waals surface area contributed by atoms with Crippen LogP contribution in [-0.2, 0) is 11.0 Å². The molecule has 0 bridgehead atoms. The van der Waals surface area contributed by atoms with E-state index in [0.29, 0.717) is 28.2 Å². The van der Waals surface area contributed by atoms with Crippen LogP contribution in [0.15, 0.2) is 54.7 Å². The van der Waals surface area contributed by atoms with Crippen molar-refractivity contribution in [3.63, 3.8) is 0 Å². The molecule has 0 atom stereocenters. The van der Waals surface area contributed by atoms with E-state index in [0.717, 1.165) is 11.6 Å². The Hall–Kier alpha value is -3.75. The maximum absolute atomic E-state index is 14.4. The van der Waals surface area contributed by atoms with Crippen molar-refractivity contribution in [1.29, 1.82) is 0 Å². The molecule has 0 fully saturated rings. The summed E-state index contributed by atoms with van der Waals surface area (Å²) in [5.41, 5.74) is 0.470. The third-order valence-corrected chi connectivity index (χ3v) is 5.27. The lowest BCUT2D eigenvalue weighted by molar-refractivity contribution is -0.137. The number of fused-ring (bicyclic) bond motifs is 1. The second-order valence-electron chi connectivity index (χ2n) is 9.09. The number of nitrogens with one attached hydrogen (secondary N) is 1. The van der Waals surface area contributed by atoms with Gasteiger partial charge in [0.15, 0.2) is 5.65 Å². The van der Waals surface area contributed by atoms with Crippen molar-refractivity contribution in [3.8, 4) is 22.5 Å². The number of benzene rings is 2. The lowest BCUT2D eigenvalue weighted by Crippen LogP contribution is -2.28. The van der Waals surface area contributed by atoms with E-state index in [4.69, 9.17) is 0 Å². The highest BCUT2D eigenvalue weighted by atomic mass is 19.4. The molecule has 176 valence electrons. The summed E-state index contributed by atoms with van der Waals surface area (Å²) in [6.45, 7) is 6.62. The van der Waals surface area contributed by atoms with E-state index in [1.807, 2.05) is 0 Å². The van der Waals surface area contributed by atoms with E-state index < -0.39 is 28.9 Å². The van der Waals surface area contributed by atoms with Gasteiger partial charge in [-0.3, -0.25) is 4.79 Å². The minimum Gasteiger partial charge on any atom is -0.325 e. The van der Waals surface area contributed by atoms with Crippen LogP contribution in [-0.4, -0.2) is 20.5 Å². The van der Waals surface area contributed by atoms with Gasteiger partial charge in [0.2, 0.25) is 5.91 Å². The summed E-state index contributed by atoms with van der Waals surface area (Å²) in [5, 5.41) is 6.80. The van der Waals surface area contributed by atoms with Crippen LogP contribution < -0.4 is 5.32 Å². The van der Waals surface area contributed by atoms with E-state index in [1.54, 1.807) is 58.2 Å². The number of anilines is 1. The first-order valence-electron chi connectivity index (χ1n) is 10.5. The molecule has 9 heteroatoms. The zero-order valence-electron chi connectivity index (χ0n) is 19.0. The lowest BCUT2D eigenvalue weighted by Gasteiger charge is -2.20. The molecule has 0 aliphatic rings. The first-order chi connectivity index (χ1) is 15.8. The van der Waals surface area contributed by atoms with Crippen molar-refractivity contribution >= 4 is 17.2 Å². The van der Waals surface area contributed by atoms with Crippen molar-refractivity contribution in [2.75, 3.05) is 5.32 Å². The smallest absolute Gasteiger partial charge is 0.325 e. The van der Waals surface area contributed by atoms with Gasteiger partial charge in [-0.05, 0) is 48.9 Å². The SMILES string of the molecule is Cc1ccc(-c2ccc3nc(-c4ccc(C(F)(F)F)c(NC(=O)C(C)(C)C)c4)cn3n2)c(F)c1. The number of aromatic nitrogens is 3. The van der Waals surface area contributed by atoms with Crippen LogP contribution in [0.4, 0.5) is 23.2 Å². The Morgan fingerprint density at radius 3 is 2.35 bits per heavy atom. The predicted molar refractivity (Wildman–Crippen MR) is 122 cm³/mol. The molecule has 2 aromatic heterocycles. The number of carbonyl (C=O) groups excluding carboxylic acids is 1. The van der Waals surface area contributed by atoms with Crippen molar-refractivity contribution < 1.29 is 22.4 Å². The molecule has 0 radical (unpaired) electrons. The number of nitrogens with zero attached hydrogens (tertiary/aromatic N) is 3. The molecule has 0 spiro atoms. The van der Waals surface area contributed by atoms with Crippen LogP contribution in [0.2, 0.25) is 0 Å². The molecule has 0 aliphatic heterocycles. The van der Waals surface area contributed by atoms with Crippen LogP contribution in [0.25, 0.3) is 28.2 Å². The maximum atomic E-state index is 14.4. The molecule has 0 unspecified atom stereocenters. The molecule has 1 amide bonds. The largest absolute Gasteiger partial charge is 0.418 e. The van der Waals surface area contributed by atoms with Crippen molar-refractivity contribution in [1.82, 2.24) is 14.6 Å². The van der Waals surface area contributed by atoms with E-state index in [-0.39, 0.29) is 5.69 Å². The monoisotopic (exact) mass is 470 g/mol. The van der Waals surface area contributed by atoms with Gasteiger partial charge >= 0.3 is 6.18 Å². The Kier molecular flexibility index (Phi) is 5.67. The minimum atomic E-state index is -4.65. The number of halogens is 4. The van der Waals surface area contributed by atoms with E-state index in [1.165, 1.54) is 22.7 Å². The van der Waals surface area contributed by atoms with Gasteiger partial charge in [-0.25, -0.2) is 13.9 Å². The zero-order chi connectivity index (χ0) is 24.8. The lowest BCUT2D eigenvalue weighted by atomic mass is 9.95. The molecule has 0 aliphatic carbocycles. The van der Waals surface area contributed by atoms with Crippen LogP contribution in [0.5, 0.6) is 0 Å². The van der Waals surface area contributed by atoms with E-state index in [2.05, 4.69) is 15.4 Å². The summed E-state index contributed by atoms with van der Waals surface area (Å²) in [7, 11) is 0. The second-order valence-corrected chi connectivity index (χ2v) is 9.09. The van der Waals surface area contributed by atoms with Gasteiger partial charge in [0.05, 0.1) is 28.8 Å². The van der Waals surface area contributed by atoms with Gasteiger partial charge in [0.25, 0.3) is 0 Å². The second kappa shape index (κ2) is 8.23. The molecule has 2 heterocycles. The van der Waals surface area contributed by atoms with Crippen molar-refractivity contribution in [2.24, 2.45) is 5.41 Å². The van der Waals surface area contributed by atoms with Gasteiger partial charge in [-0.15, -0.1) is 0 Å². The fourth-order valence-electron chi connectivity index (χ4n) is 3.36. The average molecular weight is 470 g/mol. The van der Waals surface area contributed by atoms with Gasteiger partial charge in [-0.2, -0.15) is 18.3 Å². The number of imidazole rings is 1. The van der Waals surface area contributed by atoms with Crippen LogP contribution >= 0.6 is 0 Å². The highest BCUT2D eigenvalue weighted by molar-refractivity contribution is 5.96. The normalized spacial score (nSPS) is 12.2. The maximum Gasteiger partial charge on any atom is 0.418 e. The van der Waals surface area contributed by atoms with Crippen LogP contribution in [0.1, 0.15) is 31.9 Å². The molecule has 2 aromatic carbocycles. The Labute approximate surface area is 193 Å². The highest BCUT2D eigenvalue weighted by Gasteiger charge is 2.35. The number of alkyl halides is 3. The van der Waals surface area contributed by atoms with Crippen LogP contribution in [0, 0.1) is 18.2 Å². The van der Waals surface area contributed by atoms with Crippen molar-refractivity contribution in [3.05, 3.63) is 71.7 Å². The van der Waals surface area contributed by atoms with E-state index >= 15 is 0 Å². The molecule has 0 saturated heterocycles. The summed E-state index contributed by atoms with van der Waals surface area (Å²) in [6.07, 6.45) is -3.10. The Morgan fingerprint density at radius 1 is 0.971 bits per heavy atom. The predicted octanol–water partition coefficient (Wildman–Crippen LogP) is 6.51. The molecule has 0 saturated carbocycles. The quantitative estimate of drug-likeness (QED) is 0.347. The average Bonchev–Trinajstić information content (AvgIpc) is 3.15. The first kappa shape index (κ1) is 23.4. The van der Waals surface area contributed by atoms with E-state index in [9.17, 15) is 22.4 Å². The van der Waals surface area contributed by atoms with Crippen molar-refractivity contribution in [2.45, 2.75) is 33.9 Å². The molecular weight excluding hydrogens is 448 g/mol. The summed E-state index contributed by atoms with van der Waals surface area (Å²) in [5.74, 6) is -0.953. The zero-order valence-corrected chi connectivity index (χ0v) is 19.0. The summed E-state index contributed by atoms with van der Waals surface area (Å²) < 4.78 is 56.5. The number of aryl methyl sites for hydroxylation is 1. The standard InChI is InChI=1S/C25H22F4N4O/c1-14-5-7-16(18(26)11-14)19-9-10-22-30-21(13-33(22)32-19)15-6-8-17(25(27,28)29)20(12-15)31-23(34)24(2,3)4/h5-13H,1-4H3,(H,31,34). The molecular formula is C25H22F4N4O. The summed E-state index contributed by atoms with van der Waals surface area (Å²) in [6, 6.07) is 11.6. The van der Waals surface area contributed by atoms with Gasteiger partial charge in [-0.1, -0.05) is 32.9 Å². The molecule has 1 N–H and O–H groups in total. The Morgan fingerprint density at radius 2 is 1.71 bits per heavy atom. The molecule has 4 aromatic rings. The fourth-order valence-corrected chi connectivity index (χ4v) is 3.36. The van der Waals surface area contributed by atoms with Gasteiger partial charge in [0, 0.05) is 16.5 Å². The Balaban J connectivity index is 1.76. The number of carbonyl (C=O) groups is 1. The number of hydrogen-bond donors (Lipinski definition) is 1. The van der Waals surface area contributed by atoms with Gasteiger partial charge in [0.1, 0.15) is 5.82 Å². The molecule has 34 heavy (non-hydrogen) atoms.